The molecule has 0 aliphatic carbocycles. The Kier molecular flexibility index (Phi) is 4.47. The lowest BCUT2D eigenvalue weighted by molar-refractivity contribution is 0.101. The Labute approximate surface area is 165 Å². The van der Waals surface area contributed by atoms with Crippen LogP contribution in [-0.4, -0.2) is 15.6 Å². The summed E-state index contributed by atoms with van der Waals surface area (Å²) in [7, 11) is 0. The van der Waals surface area contributed by atoms with E-state index in [0.29, 0.717) is 15.1 Å². The van der Waals surface area contributed by atoms with Crippen LogP contribution < -0.4 is 11.0 Å². The Morgan fingerprint density at radius 2 is 1.92 bits per heavy atom. The van der Waals surface area contributed by atoms with E-state index in [2.05, 4.69) is 26.3 Å². The molecule has 0 spiro atoms. The highest BCUT2D eigenvalue weighted by Crippen LogP contribution is 2.35. The van der Waals surface area contributed by atoms with Crippen molar-refractivity contribution in [2.75, 3.05) is 5.43 Å². The number of fused-ring (bicyclic) bond motifs is 1. The van der Waals surface area contributed by atoms with Crippen LogP contribution in [-0.2, 0) is 0 Å². The molecule has 1 N–H and O–H groups in total. The number of halogens is 1. The van der Waals surface area contributed by atoms with Gasteiger partial charge in [-0.2, -0.15) is 0 Å². The third kappa shape index (κ3) is 3.00. The van der Waals surface area contributed by atoms with Gasteiger partial charge in [-0.15, -0.1) is 22.7 Å². The second-order valence-corrected chi connectivity index (χ2v) is 9.21. The number of rotatable bonds is 3. The number of carbonyl (C=O) groups is 1. The molecule has 3 aromatic heterocycles. The fraction of sp³-hybridized carbons (Fsp3) is 0.0556. The van der Waals surface area contributed by atoms with Crippen molar-refractivity contribution in [2.24, 2.45) is 0 Å². The molecule has 8 heteroatoms. The van der Waals surface area contributed by atoms with Crippen molar-refractivity contribution in [2.45, 2.75) is 6.92 Å². The van der Waals surface area contributed by atoms with Crippen molar-refractivity contribution in [3.05, 3.63) is 72.7 Å². The van der Waals surface area contributed by atoms with Crippen molar-refractivity contribution in [3.8, 4) is 11.1 Å². The van der Waals surface area contributed by atoms with E-state index in [9.17, 15) is 9.59 Å². The normalized spacial score (nSPS) is 11.0. The zero-order valence-corrected chi connectivity index (χ0v) is 16.7. The molecule has 5 nitrogen and oxygen atoms in total. The molecule has 3 heterocycles. The molecule has 0 fully saturated rings. The first kappa shape index (κ1) is 17.1. The number of carbonyl (C=O) groups excluding carboxylic acids is 1. The summed E-state index contributed by atoms with van der Waals surface area (Å²) in [6.07, 6.45) is 1.36. The first-order valence-electron chi connectivity index (χ1n) is 7.67. The largest absolute Gasteiger partial charge is 0.281 e. The summed E-state index contributed by atoms with van der Waals surface area (Å²) in [5.74, 6) is -0.350. The molecule has 130 valence electrons. The third-order valence-electron chi connectivity index (χ3n) is 3.87. The van der Waals surface area contributed by atoms with Gasteiger partial charge in [-0.25, -0.2) is 9.66 Å². The standard InChI is InChI=1S/C18H12BrN3O2S2/c1-10-14(11-5-3-2-4-6-11)15-17(25-10)20-9-22(18(15)24)21-16(23)12-7-8-13(19)26-12/h2-9H,1H3,(H,21,23). The van der Waals surface area contributed by atoms with Gasteiger partial charge in [0.2, 0.25) is 0 Å². The second-order valence-electron chi connectivity index (χ2n) is 5.54. The molecule has 4 rings (SSSR count). The summed E-state index contributed by atoms with van der Waals surface area (Å²) in [6.45, 7) is 1.97. The Morgan fingerprint density at radius 1 is 1.15 bits per heavy atom. The monoisotopic (exact) mass is 445 g/mol. The lowest BCUT2D eigenvalue weighted by Crippen LogP contribution is -2.32. The Morgan fingerprint density at radius 3 is 2.62 bits per heavy atom. The van der Waals surface area contributed by atoms with E-state index in [-0.39, 0.29) is 11.5 Å². The zero-order chi connectivity index (χ0) is 18.3. The predicted molar refractivity (Wildman–Crippen MR) is 110 cm³/mol. The quantitative estimate of drug-likeness (QED) is 0.499. The van der Waals surface area contributed by atoms with E-state index in [0.717, 1.165) is 24.5 Å². The van der Waals surface area contributed by atoms with Crippen molar-refractivity contribution < 1.29 is 4.79 Å². The molecule has 26 heavy (non-hydrogen) atoms. The Hall–Kier alpha value is -2.29. The molecular formula is C18H12BrN3O2S2. The highest BCUT2D eigenvalue weighted by Gasteiger charge is 2.18. The van der Waals surface area contributed by atoms with Crippen molar-refractivity contribution in [1.82, 2.24) is 9.66 Å². The Balaban J connectivity index is 1.82. The average Bonchev–Trinajstić information content (AvgIpc) is 3.21. The fourth-order valence-corrected chi connectivity index (χ4v) is 5.01. The lowest BCUT2D eigenvalue weighted by atomic mass is 10.0. The van der Waals surface area contributed by atoms with E-state index in [4.69, 9.17) is 0 Å². The van der Waals surface area contributed by atoms with E-state index in [1.165, 1.54) is 29.0 Å². The molecule has 0 saturated carbocycles. The predicted octanol–water partition coefficient (Wildman–Crippen LogP) is 4.64. The molecule has 1 amide bonds. The molecule has 1 aromatic carbocycles. The average molecular weight is 446 g/mol. The van der Waals surface area contributed by atoms with Gasteiger partial charge in [-0.3, -0.25) is 15.0 Å². The van der Waals surface area contributed by atoms with Gasteiger partial charge in [0.1, 0.15) is 11.2 Å². The number of hydrogen-bond acceptors (Lipinski definition) is 5. The first-order valence-corrected chi connectivity index (χ1v) is 10.1. The maximum atomic E-state index is 13.0. The lowest BCUT2D eigenvalue weighted by Gasteiger charge is -2.07. The van der Waals surface area contributed by atoms with E-state index < -0.39 is 0 Å². The number of amides is 1. The van der Waals surface area contributed by atoms with E-state index in [1.54, 1.807) is 12.1 Å². The van der Waals surface area contributed by atoms with Crippen LogP contribution >= 0.6 is 38.6 Å². The molecule has 0 aliphatic rings. The number of nitrogens with one attached hydrogen (secondary N) is 1. The van der Waals surface area contributed by atoms with Gasteiger partial charge in [0.25, 0.3) is 11.5 Å². The first-order chi connectivity index (χ1) is 12.5. The summed E-state index contributed by atoms with van der Waals surface area (Å²) in [5.41, 5.74) is 4.15. The van der Waals surface area contributed by atoms with Crippen LogP contribution in [0.1, 0.15) is 14.5 Å². The summed E-state index contributed by atoms with van der Waals surface area (Å²) < 4.78 is 2.00. The van der Waals surface area contributed by atoms with Gasteiger partial charge in [0.15, 0.2) is 0 Å². The van der Waals surface area contributed by atoms with Crippen molar-refractivity contribution in [1.29, 1.82) is 0 Å². The van der Waals surface area contributed by atoms with Crippen LogP contribution in [0.2, 0.25) is 0 Å². The molecule has 0 radical (unpaired) electrons. The Bertz CT molecular complexity index is 1180. The van der Waals surface area contributed by atoms with E-state index >= 15 is 0 Å². The number of aryl methyl sites for hydroxylation is 1. The summed E-state index contributed by atoms with van der Waals surface area (Å²) in [6, 6.07) is 13.2. The molecule has 0 unspecified atom stereocenters. The van der Waals surface area contributed by atoms with Crippen LogP contribution in [0, 0.1) is 6.92 Å². The molecule has 0 atom stereocenters. The molecule has 0 bridgehead atoms. The number of aromatic nitrogens is 2. The second kappa shape index (κ2) is 6.79. The smallest absolute Gasteiger partial charge is 0.267 e. The van der Waals surface area contributed by atoms with Crippen LogP contribution in [0.4, 0.5) is 0 Å². The van der Waals surface area contributed by atoms with Crippen LogP contribution in [0.15, 0.2) is 57.4 Å². The van der Waals surface area contributed by atoms with Crippen molar-refractivity contribution >= 4 is 54.7 Å². The SMILES string of the molecule is Cc1sc2ncn(NC(=O)c3ccc(Br)s3)c(=O)c2c1-c1ccccc1. The van der Waals surface area contributed by atoms with Crippen LogP contribution in [0.5, 0.6) is 0 Å². The number of thiophene rings is 2. The number of nitrogens with zero attached hydrogens (tertiary/aromatic N) is 2. The van der Waals surface area contributed by atoms with Crippen LogP contribution in [0.3, 0.4) is 0 Å². The van der Waals surface area contributed by atoms with Gasteiger partial charge < -0.3 is 0 Å². The maximum absolute atomic E-state index is 13.0. The van der Waals surface area contributed by atoms with Gasteiger partial charge in [-0.05, 0) is 40.5 Å². The minimum atomic E-state index is -0.350. The van der Waals surface area contributed by atoms with E-state index in [1.807, 2.05) is 37.3 Å². The molecule has 0 saturated heterocycles. The highest BCUT2D eigenvalue weighted by atomic mass is 79.9. The van der Waals surface area contributed by atoms with Gasteiger partial charge >= 0.3 is 0 Å². The third-order valence-corrected chi connectivity index (χ3v) is 6.51. The topological polar surface area (TPSA) is 64.0 Å². The van der Waals surface area contributed by atoms with Crippen molar-refractivity contribution in [3.63, 3.8) is 0 Å². The minimum absolute atomic E-state index is 0.290. The molecular weight excluding hydrogens is 434 g/mol. The van der Waals surface area contributed by atoms with Crippen LogP contribution in [0.25, 0.3) is 21.3 Å². The highest BCUT2D eigenvalue weighted by molar-refractivity contribution is 9.11. The summed E-state index contributed by atoms with van der Waals surface area (Å²) in [4.78, 5) is 31.9. The van der Waals surface area contributed by atoms with Gasteiger partial charge in [0.05, 0.1) is 14.0 Å². The summed E-state index contributed by atoms with van der Waals surface area (Å²) >= 11 is 6.10. The van der Waals surface area contributed by atoms with Gasteiger partial charge in [-0.1, -0.05) is 30.3 Å². The number of benzene rings is 1. The summed E-state index contributed by atoms with van der Waals surface area (Å²) in [5, 5.41) is 0.522. The molecule has 4 aromatic rings. The van der Waals surface area contributed by atoms with Gasteiger partial charge in [0, 0.05) is 10.4 Å². The zero-order valence-electron chi connectivity index (χ0n) is 13.5. The number of hydrogen-bond donors (Lipinski definition) is 1. The maximum Gasteiger partial charge on any atom is 0.281 e. The fourth-order valence-electron chi connectivity index (χ4n) is 2.74. The molecule has 0 aliphatic heterocycles. The minimum Gasteiger partial charge on any atom is -0.267 e.